The predicted molar refractivity (Wildman–Crippen MR) is 68.3 cm³/mol. The van der Waals surface area contributed by atoms with Gasteiger partial charge in [0.05, 0.1) is 18.2 Å². The maximum absolute atomic E-state index is 12.0. The van der Waals surface area contributed by atoms with Crippen LogP contribution in [-0.4, -0.2) is 28.9 Å². The number of pyridine rings is 1. The lowest BCUT2D eigenvalue weighted by atomic mass is 10.1. The minimum absolute atomic E-state index is 0.184. The van der Waals surface area contributed by atoms with E-state index >= 15 is 0 Å². The van der Waals surface area contributed by atoms with Crippen LogP contribution in [0.2, 0.25) is 0 Å². The van der Waals surface area contributed by atoms with Crippen molar-refractivity contribution in [1.29, 1.82) is 0 Å². The van der Waals surface area contributed by atoms with Crippen LogP contribution in [0.15, 0.2) is 10.9 Å². The molecule has 0 saturated carbocycles. The van der Waals surface area contributed by atoms with E-state index in [9.17, 15) is 14.7 Å². The zero-order valence-electron chi connectivity index (χ0n) is 11.2. The molecule has 1 aromatic rings. The van der Waals surface area contributed by atoms with Gasteiger partial charge in [0.2, 0.25) is 0 Å². The molecule has 5 heteroatoms. The lowest BCUT2D eigenvalue weighted by Crippen LogP contribution is -2.30. The summed E-state index contributed by atoms with van der Waals surface area (Å²) in [7, 11) is 0. The number of hydrogen-bond acceptors (Lipinski definition) is 3. The van der Waals surface area contributed by atoms with Gasteiger partial charge in [0.15, 0.2) is 0 Å². The first-order chi connectivity index (χ1) is 8.40. The summed E-state index contributed by atoms with van der Waals surface area (Å²) in [5.41, 5.74) is 0.963. The van der Waals surface area contributed by atoms with Gasteiger partial charge in [0, 0.05) is 18.4 Å². The Bertz CT molecular complexity index is 504. The van der Waals surface area contributed by atoms with Gasteiger partial charge in [-0.15, -0.1) is 0 Å². The van der Waals surface area contributed by atoms with Crippen LogP contribution in [0.25, 0.3) is 0 Å². The van der Waals surface area contributed by atoms with E-state index in [0.717, 1.165) is 0 Å². The first-order valence-corrected chi connectivity index (χ1v) is 5.93. The zero-order chi connectivity index (χ0) is 13.9. The Morgan fingerprint density at radius 1 is 1.50 bits per heavy atom. The van der Waals surface area contributed by atoms with Crippen LogP contribution in [0.5, 0.6) is 0 Å². The van der Waals surface area contributed by atoms with E-state index < -0.39 is 5.97 Å². The summed E-state index contributed by atoms with van der Waals surface area (Å²) in [5.74, 6) is -1.01. The molecule has 0 bridgehead atoms. The average molecular weight is 253 g/mol. The molecule has 5 nitrogen and oxygen atoms in total. The number of aryl methyl sites for hydroxylation is 1. The molecule has 0 aliphatic carbocycles. The minimum Gasteiger partial charge on any atom is -0.478 e. The van der Waals surface area contributed by atoms with Crippen LogP contribution < -0.4 is 5.56 Å². The van der Waals surface area contributed by atoms with Crippen molar-refractivity contribution < 1.29 is 14.6 Å². The van der Waals surface area contributed by atoms with Gasteiger partial charge in [-0.2, -0.15) is 0 Å². The second kappa shape index (κ2) is 5.82. The van der Waals surface area contributed by atoms with Gasteiger partial charge in [0.25, 0.3) is 5.56 Å². The van der Waals surface area contributed by atoms with Crippen LogP contribution in [-0.2, 0) is 4.74 Å². The number of nitrogens with zero attached hydrogens (tertiary/aromatic N) is 1. The van der Waals surface area contributed by atoms with Gasteiger partial charge < -0.3 is 14.4 Å². The van der Waals surface area contributed by atoms with Gasteiger partial charge in [-0.3, -0.25) is 4.79 Å². The largest absolute Gasteiger partial charge is 0.478 e. The van der Waals surface area contributed by atoms with Crippen LogP contribution in [0.4, 0.5) is 0 Å². The van der Waals surface area contributed by atoms with Crippen LogP contribution in [0, 0.1) is 13.8 Å². The monoisotopic (exact) mass is 253 g/mol. The second-order valence-electron chi connectivity index (χ2n) is 4.31. The molecular weight excluding hydrogens is 234 g/mol. The average Bonchev–Trinajstić information content (AvgIpc) is 2.24. The quantitative estimate of drug-likeness (QED) is 0.868. The van der Waals surface area contributed by atoms with Crippen molar-refractivity contribution in [2.24, 2.45) is 0 Å². The van der Waals surface area contributed by atoms with E-state index in [0.29, 0.717) is 24.5 Å². The van der Waals surface area contributed by atoms with Crippen molar-refractivity contribution in [3.63, 3.8) is 0 Å². The topological polar surface area (TPSA) is 68.5 Å². The van der Waals surface area contributed by atoms with Crippen molar-refractivity contribution in [1.82, 2.24) is 4.57 Å². The van der Waals surface area contributed by atoms with Gasteiger partial charge >= 0.3 is 5.97 Å². The molecule has 100 valence electrons. The lowest BCUT2D eigenvalue weighted by Gasteiger charge is -2.20. The Morgan fingerprint density at radius 2 is 2.11 bits per heavy atom. The molecule has 1 aromatic heterocycles. The van der Waals surface area contributed by atoms with E-state index in [-0.39, 0.29) is 17.2 Å². The Kier molecular flexibility index (Phi) is 4.67. The van der Waals surface area contributed by atoms with E-state index in [1.54, 1.807) is 13.8 Å². The third-order valence-electron chi connectivity index (χ3n) is 2.91. The highest BCUT2D eigenvalue weighted by Gasteiger charge is 2.18. The maximum atomic E-state index is 12.0. The number of aromatic nitrogens is 1. The fourth-order valence-electron chi connectivity index (χ4n) is 2.13. The number of rotatable bonds is 5. The SMILES string of the molecule is CCOCC(C)n1c(C)c(C(=O)O)c(C)cc1=O. The number of carbonyl (C=O) groups is 1. The maximum Gasteiger partial charge on any atom is 0.337 e. The van der Waals surface area contributed by atoms with Crippen molar-refractivity contribution in [2.75, 3.05) is 13.2 Å². The molecule has 0 aromatic carbocycles. The Labute approximate surface area is 106 Å². The van der Waals surface area contributed by atoms with Crippen LogP contribution in [0.3, 0.4) is 0 Å². The lowest BCUT2D eigenvalue weighted by molar-refractivity contribution is 0.0692. The highest BCUT2D eigenvalue weighted by atomic mass is 16.5. The third-order valence-corrected chi connectivity index (χ3v) is 2.91. The number of carboxylic acids is 1. The van der Waals surface area contributed by atoms with Gasteiger partial charge in [0.1, 0.15) is 0 Å². The van der Waals surface area contributed by atoms with Crippen molar-refractivity contribution >= 4 is 5.97 Å². The molecular formula is C13H19NO4. The van der Waals surface area contributed by atoms with Crippen molar-refractivity contribution in [3.05, 3.63) is 33.2 Å². The standard InChI is InChI=1S/C13H19NO4/c1-5-18-7-9(3)14-10(4)12(13(16)17)8(2)6-11(14)15/h6,9H,5,7H2,1-4H3,(H,16,17). The molecule has 0 aliphatic heterocycles. The molecule has 0 fully saturated rings. The molecule has 0 saturated heterocycles. The minimum atomic E-state index is -1.01. The predicted octanol–water partition coefficient (Wildman–Crippen LogP) is 1.76. The van der Waals surface area contributed by atoms with Crippen molar-refractivity contribution in [2.45, 2.75) is 33.7 Å². The third kappa shape index (κ3) is 2.79. The van der Waals surface area contributed by atoms with Gasteiger partial charge in [-0.05, 0) is 33.3 Å². The molecule has 0 amide bonds. The smallest absolute Gasteiger partial charge is 0.337 e. The summed E-state index contributed by atoms with van der Waals surface area (Å²) in [6.07, 6.45) is 0. The summed E-state index contributed by atoms with van der Waals surface area (Å²) in [6.45, 7) is 7.95. The number of aromatic carboxylic acids is 1. The Balaban J connectivity index is 3.31. The van der Waals surface area contributed by atoms with Crippen LogP contribution >= 0.6 is 0 Å². The number of ether oxygens (including phenoxy) is 1. The first kappa shape index (κ1) is 14.4. The summed E-state index contributed by atoms with van der Waals surface area (Å²) in [6, 6.07) is 1.18. The Hall–Kier alpha value is -1.62. The first-order valence-electron chi connectivity index (χ1n) is 5.93. The fourth-order valence-corrected chi connectivity index (χ4v) is 2.13. The Morgan fingerprint density at radius 3 is 2.61 bits per heavy atom. The molecule has 0 spiro atoms. The summed E-state index contributed by atoms with van der Waals surface area (Å²) in [5, 5.41) is 9.17. The molecule has 1 unspecified atom stereocenters. The molecule has 18 heavy (non-hydrogen) atoms. The molecule has 0 aliphatic rings. The normalized spacial score (nSPS) is 12.4. The van der Waals surface area contributed by atoms with E-state index in [4.69, 9.17) is 4.74 Å². The van der Waals surface area contributed by atoms with E-state index in [1.807, 2.05) is 13.8 Å². The van der Waals surface area contributed by atoms with Gasteiger partial charge in [-0.1, -0.05) is 0 Å². The molecule has 0 radical (unpaired) electrons. The molecule has 1 N–H and O–H groups in total. The fraction of sp³-hybridized carbons (Fsp3) is 0.538. The van der Waals surface area contributed by atoms with Crippen molar-refractivity contribution in [3.8, 4) is 0 Å². The zero-order valence-corrected chi connectivity index (χ0v) is 11.2. The van der Waals surface area contributed by atoms with E-state index in [1.165, 1.54) is 10.6 Å². The molecule has 1 rings (SSSR count). The molecule has 1 atom stereocenters. The highest BCUT2D eigenvalue weighted by Crippen LogP contribution is 2.15. The summed E-state index contributed by atoms with van der Waals surface area (Å²) < 4.78 is 6.76. The summed E-state index contributed by atoms with van der Waals surface area (Å²) in [4.78, 5) is 23.2. The second-order valence-corrected chi connectivity index (χ2v) is 4.31. The number of carboxylic acid groups (broad SMARTS) is 1. The summed E-state index contributed by atoms with van der Waals surface area (Å²) >= 11 is 0. The highest BCUT2D eigenvalue weighted by molar-refractivity contribution is 5.90. The van der Waals surface area contributed by atoms with Gasteiger partial charge in [-0.25, -0.2) is 4.79 Å². The van der Waals surface area contributed by atoms with Crippen LogP contribution in [0.1, 0.15) is 41.5 Å². The van der Waals surface area contributed by atoms with E-state index in [2.05, 4.69) is 0 Å². The molecule has 1 heterocycles. The number of hydrogen-bond donors (Lipinski definition) is 1.